The molecule has 1 aromatic heterocycles. The Bertz CT molecular complexity index is 1030. The van der Waals surface area contributed by atoms with Crippen LogP contribution < -0.4 is 9.80 Å². The van der Waals surface area contributed by atoms with Crippen molar-refractivity contribution in [2.45, 2.75) is 20.3 Å². The molecule has 0 bridgehead atoms. The maximum Gasteiger partial charge on any atom is 0.296 e. The Balaban J connectivity index is 1.73. The van der Waals surface area contributed by atoms with Crippen LogP contribution in [0, 0.1) is 6.92 Å². The van der Waals surface area contributed by atoms with E-state index in [0.29, 0.717) is 36.8 Å². The number of fused-ring (bicyclic) bond motifs is 1. The van der Waals surface area contributed by atoms with Gasteiger partial charge in [-0.15, -0.1) is 0 Å². The number of aromatic nitrogens is 1. The summed E-state index contributed by atoms with van der Waals surface area (Å²) in [5.41, 5.74) is 2.82. The van der Waals surface area contributed by atoms with Gasteiger partial charge < -0.3 is 14.2 Å². The first kappa shape index (κ1) is 18.0. The third-order valence-corrected chi connectivity index (χ3v) is 4.86. The third-order valence-electron chi connectivity index (χ3n) is 4.86. The highest BCUT2D eigenvalue weighted by Crippen LogP contribution is 2.34. The molecule has 6 nitrogen and oxygen atoms in total. The zero-order chi connectivity index (χ0) is 19.7. The van der Waals surface area contributed by atoms with Crippen LogP contribution in [0.2, 0.25) is 0 Å². The van der Waals surface area contributed by atoms with Crippen molar-refractivity contribution in [3.05, 3.63) is 66.1 Å². The fraction of sp³-hybridized carbons (Fsp3) is 0.227. The van der Waals surface area contributed by atoms with Gasteiger partial charge in [-0.2, -0.15) is 0 Å². The minimum absolute atomic E-state index is 0.0380. The quantitative estimate of drug-likeness (QED) is 0.678. The molecule has 142 valence electrons. The lowest BCUT2D eigenvalue weighted by atomic mass is 10.2. The number of para-hydroxylation sites is 2. The van der Waals surface area contributed by atoms with Gasteiger partial charge in [0.25, 0.3) is 5.91 Å². The molecule has 0 aliphatic carbocycles. The normalized spacial score (nSPS) is 13.8. The molecule has 0 spiro atoms. The monoisotopic (exact) mass is 375 g/mol. The Morgan fingerprint density at radius 1 is 0.929 bits per heavy atom. The highest BCUT2D eigenvalue weighted by atomic mass is 16.4. The summed E-state index contributed by atoms with van der Waals surface area (Å²) in [5, 5.41) is 0. The Morgan fingerprint density at radius 3 is 2.21 bits per heavy atom. The maximum absolute atomic E-state index is 13.3. The summed E-state index contributed by atoms with van der Waals surface area (Å²) in [6.45, 7) is 4.39. The fourth-order valence-electron chi connectivity index (χ4n) is 3.51. The Kier molecular flexibility index (Phi) is 4.69. The van der Waals surface area contributed by atoms with Gasteiger partial charge in [-0.25, -0.2) is 4.98 Å². The maximum atomic E-state index is 13.3. The first-order chi connectivity index (χ1) is 13.6. The summed E-state index contributed by atoms with van der Waals surface area (Å²) in [4.78, 5) is 33.3. The van der Waals surface area contributed by atoms with E-state index in [2.05, 4.69) is 4.98 Å². The van der Waals surface area contributed by atoms with E-state index in [0.717, 1.165) is 11.3 Å². The first-order valence-corrected chi connectivity index (χ1v) is 9.28. The smallest absolute Gasteiger partial charge is 0.296 e. The predicted molar refractivity (Wildman–Crippen MR) is 107 cm³/mol. The van der Waals surface area contributed by atoms with E-state index in [4.69, 9.17) is 4.42 Å². The van der Waals surface area contributed by atoms with Crippen molar-refractivity contribution < 1.29 is 14.0 Å². The average molecular weight is 375 g/mol. The molecular weight excluding hydrogens is 354 g/mol. The highest BCUT2D eigenvalue weighted by molar-refractivity contribution is 6.08. The van der Waals surface area contributed by atoms with Crippen LogP contribution in [0.15, 0.2) is 59.0 Å². The lowest BCUT2D eigenvalue weighted by Crippen LogP contribution is -2.31. The Morgan fingerprint density at radius 2 is 1.54 bits per heavy atom. The van der Waals surface area contributed by atoms with Gasteiger partial charge in [-0.05, 0) is 37.6 Å². The molecule has 0 N–H and O–H groups in total. The van der Waals surface area contributed by atoms with Gasteiger partial charge in [-0.1, -0.05) is 30.3 Å². The molecule has 0 unspecified atom stereocenters. The molecule has 0 radical (unpaired) electrons. The molecule has 0 saturated carbocycles. The number of oxazole rings is 1. The van der Waals surface area contributed by atoms with Crippen LogP contribution in [0.25, 0.3) is 11.5 Å². The number of benzene rings is 2. The van der Waals surface area contributed by atoms with Gasteiger partial charge >= 0.3 is 0 Å². The van der Waals surface area contributed by atoms with E-state index < -0.39 is 0 Å². The number of carbonyl (C=O) groups is 2. The van der Waals surface area contributed by atoms with Crippen LogP contribution in [0.1, 0.15) is 29.6 Å². The van der Waals surface area contributed by atoms with Gasteiger partial charge in [0.15, 0.2) is 0 Å². The minimum atomic E-state index is -0.245. The van der Waals surface area contributed by atoms with Crippen LogP contribution in [0.4, 0.5) is 11.4 Å². The number of rotatable bonds is 2. The third kappa shape index (κ3) is 3.17. The molecule has 1 aliphatic heterocycles. The summed E-state index contributed by atoms with van der Waals surface area (Å²) in [7, 11) is 0. The second-order valence-electron chi connectivity index (χ2n) is 6.77. The molecular formula is C22H21N3O3. The molecule has 1 aliphatic rings. The van der Waals surface area contributed by atoms with Crippen molar-refractivity contribution in [1.82, 2.24) is 4.98 Å². The van der Waals surface area contributed by atoms with Crippen molar-refractivity contribution in [2.24, 2.45) is 0 Å². The van der Waals surface area contributed by atoms with Crippen LogP contribution in [0.3, 0.4) is 0 Å². The second-order valence-corrected chi connectivity index (χ2v) is 6.77. The summed E-state index contributed by atoms with van der Waals surface area (Å²) < 4.78 is 5.86. The number of nitrogens with zero attached hydrogens (tertiary/aromatic N) is 3. The summed E-state index contributed by atoms with van der Waals surface area (Å²) in [6.07, 6.45) is 0.679. The summed E-state index contributed by atoms with van der Waals surface area (Å²) in [6, 6.07) is 17.0. The van der Waals surface area contributed by atoms with Crippen LogP contribution in [0.5, 0.6) is 0 Å². The zero-order valence-electron chi connectivity index (χ0n) is 15.9. The minimum Gasteiger partial charge on any atom is -0.431 e. The Labute approximate surface area is 163 Å². The van der Waals surface area contributed by atoms with Crippen LogP contribution in [-0.2, 0) is 4.79 Å². The molecule has 2 heterocycles. The van der Waals surface area contributed by atoms with Gasteiger partial charge in [0.05, 0.1) is 17.1 Å². The molecule has 0 fully saturated rings. The van der Waals surface area contributed by atoms with E-state index in [-0.39, 0.29) is 17.6 Å². The van der Waals surface area contributed by atoms with Crippen molar-refractivity contribution in [2.75, 3.05) is 22.9 Å². The van der Waals surface area contributed by atoms with Crippen LogP contribution in [-0.4, -0.2) is 29.9 Å². The molecule has 4 rings (SSSR count). The number of amides is 2. The van der Waals surface area contributed by atoms with E-state index in [1.54, 1.807) is 23.6 Å². The van der Waals surface area contributed by atoms with Crippen LogP contribution >= 0.6 is 0 Å². The lowest BCUT2D eigenvalue weighted by molar-refractivity contribution is -0.116. The molecule has 2 amide bonds. The predicted octanol–water partition coefficient (Wildman–Crippen LogP) is 4.05. The number of hydrogen-bond donors (Lipinski definition) is 0. The molecule has 3 aromatic rings. The van der Waals surface area contributed by atoms with Gasteiger partial charge in [0.1, 0.15) is 0 Å². The second kappa shape index (κ2) is 7.31. The topological polar surface area (TPSA) is 66.7 Å². The van der Waals surface area contributed by atoms with Crippen molar-refractivity contribution in [3.8, 4) is 11.5 Å². The molecule has 6 heteroatoms. The van der Waals surface area contributed by atoms with Crippen molar-refractivity contribution >= 4 is 23.2 Å². The van der Waals surface area contributed by atoms with E-state index in [1.807, 2.05) is 54.6 Å². The standard InChI is InChI=1S/C22H21N3O3/c1-15-20(28-21(23-15)17-9-4-3-5-10-17)22(27)25-14-8-13-24(16(2)26)18-11-6-7-12-19(18)25/h3-7,9-12H,8,13-14H2,1-2H3. The van der Waals surface area contributed by atoms with Crippen molar-refractivity contribution in [3.63, 3.8) is 0 Å². The average Bonchev–Trinajstić information content (AvgIpc) is 2.99. The number of anilines is 2. The fourth-order valence-corrected chi connectivity index (χ4v) is 3.51. The summed E-state index contributed by atoms with van der Waals surface area (Å²) in [5.74, 6) is 0.369. The van der Waals surface area contributed by atoms with Gasteiger partial charge in [0.2, 0.25) is 17.6 Å². The zero-order valence-corrected chi connectivity index (χ0v) is 15.9. The lowest BCUT2D eigenvalue weighted by Gasteiger charge is -2.24. The molecule has 2 aromatic carbocycles. The van der Waals surface area contributed by atoms with E-state index >= 15 is 0 Å². The summed E-state index contributed by atoms with van der Waals surface area (Å²) >= 11 is 0. The van der Waals surface area contributed by atoms with E-state index in [9.17, 15) is 9.59 Å². The van der Waals surface area contributed by atoms with E-state index in [1.165, 1.54) is 0 Å². The van der Waals surface area contributed by atoms with Gasteiger partial charge in [-0.3, -0.25) is 9.59 Å². The number of aryl methyl sites for hydroxylation is 1. The largest absolute Gasteiger partial charge is 0.431 e. The number of carbonyl (C=O) groups excluding carboxylic acids is 2. The highest BCUT2D eigenvalue weighted by Gasteiger charge is 2.30. The van der Waals surface area contributed by atoms with Gasteiger partial charge in [0, 0.05) is 25.6 Å². The molecule has 28 heavy (non-hydrogen) atoms. The Hall–Kier alpha value is -3.41. The molecule has 0 saturated heterocycles. The number of hydrogen-bond acceptors (Lipinski definition) is 4. The van der Waals surface area contributed by atoms with Crippen molar-refractivity contribution in [1.29, 1.82) is 0 Å². The SMILES string of the molecule is CC(=O)N1CCCN(C(=O)c2oc(-c3ccccc3)nc2C)c2ccccc21. The molecule has 0 atom stereocenters. The first-order valence-electron chi connectivity index (χ1n) is 9.28.